The largest absolute Gasteiger partial charge is 0.353 e. The third kappa shape index (κ3) is 16.3. The molecule has 0 aromatic carbocycles. The maximum Gasteiger partial charge on any atom is 0.157 e. The summed E-state index contributed by atoms with van der Waals surface area (Å²) in [7, 11) is 0. The third-order valence-corrected chi connectivity index (χ3v) is 4.25. The number of hydrogen-bond donors (Lipinski definition) is 0. The molecule has 0 rings (SSSR count). The van der Waals surface area contributed by atoms with E-state index < -0.39 is 0 Å². The van der Waals surface area contributed by atoms with Crippen molar-refractivity contribution < 1.29 is 9.47 Å². The lowest BCUT2D eigenvalue weighted by atomic mass is 10.0. The molecule has 134 valence electrons. The lowest BCUT2D eigenvalue weighted by molar-refractivity contribution is -0.140. The van der Waals surface area contributed by atoms with Gasteiger partial charge >= 0.3 is 0 Å². The Balaban J connectivity index is 3.16. The fourth-order valence-electron chi connectivity index (χ4n) is 2.92. The summed E-state index contributed by atoms with van der Waals surface area (Å²) < 4.78 is 11.1. The van der Waals surface area contributed by atoms with Crippen molar-refractivity contribution in [3.05, 3.63) is 0 Å². The van der Waals surface area contributed by atoms with Gasteiger partial charge in [-0.05, 0) is 26.7 Å². The van der Waals surface area contributed by atoms with Gasteiger partial charge in [0.2, 0.25) is 0 Å². The number of ether oxygens (including phenoxy) is 2. The van der Waals surface area contributed by atoms with E-state index in [0.717, 1.165) is 19.6 Å². The van der Waals surface area contributed by atoms with Crippen molar-refractivity contribution in [2.45, 2.75) is 117 Å². The molecule has 2 nitrogen and oxygen atoms in total. The summed E-state index contributed by atoms with van der Waals surface area (Å²) in [6.45, 7) is 7.87. The van der Waals surface area contributed by atoms with Gasteiger partial charge in [0.15, 0.2) is 6.29 Å². The van der Waals surface area contributed by atoms with Crippen LogP contribution in [0.5, 0.6) is 0 Å². The van der Waals surface area contributed by atoms with Crippen LogP contribution in [0.15, 0.2) is 0 Å². The zero-order chi connectivity index (χ0) is 16.3. The first kappa shape index (κ1) is 21.9. The summed E-state index contributed by atoms with van der Waals surface area (Å²) in [4.78, 5) is 0. The van der Waals surface area contributed by atoms with Crippen LogP contribution in [0.3, 0.4) is 0 Å². The van der Waals surface area contributed by atoms with Crippen LogP contribution < -0.4 is 0 Å². The number of hydrogen-bond acceptors (Lipinski definition) is 2. The molecule has 0 radical (unpaired) electrons. The fourth-order valence-corrected chi connectivity index (χ4v) is 2.92. The van der Waals surface area contributed by atoms with Crippen molar-refractivity contribution in [3.8, 4) is 0 Å². The summed E-state index contributed by atoms with van der Waals surface area (Å²) in [5, 5.41) is 0. The van der Waals surface area contributed by atoms with Crippen LogP contribution in [0.4, 0.5) is 0 Å². The highest BCUT2D eigenvalue weighted by Crippen LogP contribution is 2.14. The number of rotatable bonds is 18. The van der Waals surface area contributed by atoms with Crippen molar-refractivity contribution >= 4 is 0 Å². The highest BCUT2D eigenvalue weighted by molar-refractivity contribution is 4.51. The van der Waals surface area contributed by atoms with Crippen molar-refractivity contribution in [2.75, 3.05) is 13.2 Å². The molecule has 0 N–H and O–H groups in total. The van der Waals surface area contributed by atoms with E-state index in [9.17, 15) is 0 Å². The molecule has 0 atom stereocenters. The maximum absolute atomic E-state index is 5.57. The van der Waals surface area contributed by atoms with E-state index in [1.54, 1.807) is 0 Å². The zero-order valence-electron chi connectivity index (χ0n) is 15.7. The predicted octanol–water partition coefficient (Wildman–Crippen LogP) is 6.87. The molecule has 2 heteroatoms. The normalized spacial score (nSPS) is 11.5. The Kier molecular flexibility index (Phi) is 18.9. The molecule has 0 spiro atoms. The van der Waals surface area contributed by atoms with E-state index in [2.05, 4.69) is 6.92 Å². The van der Waals surface area contributed by atoms with E-state index >= 15 is 0 Å². The first-order valence-corrected chi connectivity index (χ1v) is 10.1. The van der Waals surface area contributed by atoms with Crippen LogP contribution >= 0.6 is 0 Å². The van der Waals surface area contributed by atoms with Gasteiger partial charge in [-0.1, -0.05) is 84.0 Å². The van der Waals surface area contributed by atoms with E-state index in [0.29, 0.717) is 0 Å². The molecule has 22 heavy (non-hydrogen) atoms. The molecule has 0 unspecified atom stereocenters. The molecule has 0 saturated carbocycles. The number of unbranched alkanes of at least 4 members (excludes halogenated alkanes) is 12. The highest BCUT2D eigenvalue weighted by Gasteiger charge is 2.06. The molecule has 0 heterocycles. The van der Waals surface area contributed by atoms with E-state index in [1.807, 2.05) is 13.8 Å². The van der Waals surface area contributed by atoms with Crippen molar-refractivity contribution in [1.29, 1.82) is 0 Å². The minimum atomic E-state index is 0.0303. The fraction of sp³-hybridized carbons (Fsp3) is 1.00. The van der Waals surface area contributed by atoms with Gasteiger partial charge < -0.3 is 9.47 Å². The second-order valence-electron chi connectivity index (χ2n) is 6.37. The smallest absolute Gasteiger partial charge is 0.157 e. The Morgan fingerprint density at radius 2 is 0.864 bits per heavy atom. The van der Waals surface area contributed by atoms with Gasteiger partial charge in [-0.25, -0.2) is 0 Å². The van der Waals surface area contributed by atoms with Crippen LogP contribution in [0, 0.1) is 0 Å². The van der Waals surface area contributed by atoms with Gasteiger partial charge in [-0.2, -0.15) is 0 Å². The Labute approximate surface area is 140 Å². The predicted molar refractivity (Wildman–Crippen MR) is 97.4 cm³/mol. The minimum Gasteiger partial charge on any atom is -0.353 e. The molecule has 0 aliphatic rings. The van der Waals surface area contributed by atoms with Crippen LogP contribution in [0.25, 0.3) is 0 Å². The monoisotopic (exact) mass is 314 g/mol. The summed E-state index contributed by atoms with van der Waals surface area (Å²) in [5.41, 5.74) is 0. The Morgan fingerprint density at radius 1 is 0.500 bits per heavy atom. The Morgan fingerprint density at radius 3 is 1.23 bits per heavy atom. The molecule has 0 saturated heterocycles. The summed E-state index contributed by atoms with van der Waals surface area (Å²) in [6, 6.07) is 0. The van der Waals surface area contributed by atoms with E-state index in [1.165, 1.54) is 83.5 Å². The Bertz CT molecular complexity index is 188. The molecule has 0 amide bonds. The maximum atomic E-state index is 5.57. The molecule has 0 fully saturated rings. The zero-order valence-corrected chi connectivity index (χ0v) is 15.7. The van der Waals surface area contributed by atoms with E-state index in [-0.39, 0.29) is 6.29 Å². The van der Waals surface area contributed by atoms with Gasteiger partial charge in [-0.3, -0.25) is 0 Å². The van der Waals surface area contributed by atoms with Gasteiger partial charge in [0.25, 0.3) is 0 Å². The summed E-state index contributed by atoms with van der Waals surface area (Å²) >= 11 is 0. The molecule has 0 aliphatic carbocycles. The molecular weight excluding hydrogens is 272 g/mol. The molecule has 0 aromatic rings. The van der Waals surface area contributed by atoms with Crippen molar-refractivity contribution in [3.63, 3.8) is 0 Å². The Hall–Kier alpha value is -0.0800. The van der Waals surface area contributed by atoms with Crippen molar-refractivity contribution in [2.24, 2.45) is 0 Å². The molecule has 0 aliphatic heterocycles. The highest BCUT2D eigenvalue weighted by atomic mass is 16.7. The van der Waals surface area contributed by atoms with Crippen LogP contribution in [0.1, 0.15) is 111 Å². The average Bonchev–Trinajstić information content (AvgIpc) is 2.52. The second kappa shape index (κ2) is 19.0. The lowest BCUT2D eigenvalue weighted by Gasteiger charge is -2.16. The average molecular weight is 315 g/mol. The minimum absolute atomic E-state index is 0.0303. The van der Waals surface area contributed by atoms with Gasteiger partial charge in [-0.15, -0.1) is 0 Å². The second-order valence-corrected chi connectivity index (χ2v) is 6.37. The SMILES string of the molecule is CCCCCCCCCCCCCCCC(OCC)OCC. The third-order valence-electron chi connectivity index (χ3n) is 4.25. The molecule has 0 aromatic heterocycles. The van der Waals surface area contributed by atoms with Crippen molar-refractivity contribution in [1.82, 2.24) is 0 Å². The van der Waals surface area contributed by atoms with Crippen LogP contribution in [-0.2, 0) is 9.47 Å². The molecule has 0 bridgehead atoms. The lowest BCUT2D eigenvalue weighted by Crippen LogP contribution is -2.17. The first-order valence-electron chi connectivity index (χ1n) is 10.1. The van der Waals surface area contributed by atoms with Gasteiger partial charge in [0.05, 0.1) is 0 Å². The van der Waals surface area contributed by atoms with Crippen LogP contribution in [-0.4, -0.2) is 19.5 Å². The van der Waals surface area contributed by atoms with E-state index in [4.69, 9.17) is 9.47 Å². The van der Waals surface area contributed by atoms with Gasteiger partial charge in [0.1, 0.15) is 0 Å². The first-order chi connectivity index (χ1) is 10.8. The summed E-state index contributed by atoms with van der Waals surface area (Å²) in [6.07, 6.45) is 19.3. The van der Waals surface area contributed by atoms with Gasteiger partial charge in [0, 0.05) is 13.2 Å². The topological polar surface area (TPSA) is 18.5 Å². The quantitative estimate of drug-likeness (QED) is 0.203. The van der Waals surface area contributed by atoms with Crippen LogP contribution in [0.2, 0.25) is 0 Å². The molecular formula is C20H42O2. The standard InChI is InChI=1S/C20H42O2/c1-4-7-8-9-10-11-12-13-14-15-16-17-18-19-20(21-5-2)22-6-3/h20H,4-19H2,1-3H3. The summed E-state index contributed by atoms with van der Waals surface area (Å²) in [5.74, 6) is 0.